The van der Waals surface area contributed by atoms with Gasteiger partial charge in [0.15, 0.2) is 0 Å². The second-order valence-corrected chi connectivity index (χ2v) is 5.34. The van der Waals surface area contributed by atoms with E-state index in [1.807, 2.05) is 30.3 Å². The predicted molar refractivity (Wildman–Crippen MR) is 79.0 cm³/mol. The molecular formula is C15H23BrO2. The highest BCUT2D eigenvalue weighted by Crippen LogP contribution is 2.08. The first kappa shape index (κ1) is 15.7. The van der Waals surface area contributed by atoms with E-state index < -0.39 is 0 Å². The maximum absolute atomic E-state index is 9.75. The summed E-state index contributed by atoms with van der Waals surface area (Å²) < 4.78 is 5.50. The van der Waals surface area contributed by atoms with Gasteiger partial charge in [0.05, 0.1) is 19.3 Å². The summed E-state index contributed by atoms with van der Waals surface area (Å²) in [6, 6.07) is 10.1. The van der Waals surface area contributed by atoms with E-state index in [4.69, 9.17) is 4.74 Å². The Hall–Kier alpha value is -0.380. The van der Waals surface area contributed by atoms with E-state index in [-0.39, 0.29) is 6.10 Å². The van der Waals surface area contributed by atoms with Crippen molar-refractivity contribution in [1.29, 1.82) is 0 Å². The van der Waals surface area contributed by atoms with Crippen molar-refractivity contribution in [2.75, 3.05) is 11.9 Å². The number of benzene rings is 1. The van der Waals surface area contributed by atoms with Crippen LogP contribution < -0.4 is 0 Å². The van der Waals surface area contributed by atoms with Crippen molar-refractivity contribution < 1.29 is 9.84 Å². The molecule has 0 bridgehead atoms. The number of alkyl halides is 1. The Morgan fingerprint density at radius 1 is 1.06 bits per heavy atom. The largest absolute Gasteiger partial charge is 0.391 e. The molecule has 102 valence electrons. The maximum atomic E-state index is 9.75. The molecule has 0 aliphatic carbocycles. The summed E-state index contributed by atoms with van der Waals surface area (Å²) in [5.41, 5.74) is 1.15. The summed E-state index contributed by atoms with van der Waals surface area (Å²) in [6.45, 7) is 1.02. The topological polar surface area (TPSA) is 29.5 Å². The Kier molecular flexibility index (Phi) is 9.17. The molecule has 0 heterocycles. The molecule has 1 atom stereocenters. The van der Waals surface area contributed by atoms with Gasteiger partial charge in [-0.1, -0.05) is 65.5 Å². The maximum Gasteiger partial charge on any atom is 0.0773 e. The van der Waals surface area contributed by atoms with E-state index in [9.17, 15) is 5.11 Å². The number of aliphatic hydroxyl groups is 1. The van der Waals surface area contributed by atoms with Crippen LogP contribution in [0.1, 0.15) is 37.7 Å². The van der Waals surface area contributed by atoms with Crippen molar-refractivity contribution in [2.24, 2.45) is 0 Å². The highest BCUT2D eigenvalue weighted by Gasteiger charge is 2.04. The molecule has 0 radical (unpaired) electrons. The van der Waals surface area contributed by atoms with Crippen molar-refractivity contribution in [3.63, 3.8) is 0 Å². The minimum atomic E-state index is -0.322. The third kappa shape index (κ3) is 7.85. The third-order valence-corrected chi connectivity index (χ3v) is 3.40. The molecule has 0 spiro atoms. The van der Waals surface area contributed by atoms with Gasteiger partial charge in [-0.05, 0) is 18.4 Å². The van der Waals surface area contributed by atoms with Crippen LogP contribution in [-0.4, -0.2) is 23.1 Å². The molecule has 0 unspecified atom stereocenters. The third-order valence-electron chi connectivity index (χ3n) is 2.84. The summed E-state index contributed by atoms with van der Waals surface area (Å²) in [5, 5.41) is 10.8. The summed E-state index contributed by atoms with van der Waals surface area (Å²) in [4.78, 5) is 0. The van der Waals surface area contributed by atoms with Crippen LogP contribution in [0.3, 0.4) is 0 Å². The number of aliphatic hydroxyl groups excluding tert-OH is 1. The number of ether oxygens (including phenoxy) is 1. The summed E-state index contributed by atoms with van der Waals surface area (Å²) in [5.74, 6) is 0. The SMILES string of the molecule is O[C@H](CCCCCCBr)COCc1ccccc1. The number of halogens is 1. The monoisotopic (exact) mass is 314 g/mol. The lowest BCUT2D eigenvalue weighted by molar-refractivity contribution is 0.0234. The van der Waals surface area contributed by atoms with Gasteiger partial charge in [-0.25, -0.2) is 0 Å². The zero-order valence-corrected chi connectivity index (χ0v) is 12.4. The lowest BCUT2D eigenvalue weighted by Crippen LogP contribution is -2.15. The molecule has 1 aromatic rings. The lowest BCUT2D eigenvalue weighted by Gasteiger charge is -2.11. The number of rotatable bonds is 10. The van der Waals surface area contributed by atoms with Crippen molar-refractivity contribution in [2.45, 2.75) is 44.8 Å². The number of unbranched alkanes of at least 4 members (excludes halogenated alkanes) is 3. The zero-order chi connectivity index (χ0) is 13.1. The van der Waals surface area contributed by atoms with E-state index in [1.165, 1.54) is 19.3 Å². The van der Waals surface area contributed by atoms with Crippen LogP contribution in [-0.2, 0) is 11.3 Å². The van der Waals surface area contributed by atoms with Crippen molar-refractivity contribution in [3.8, 4) is 0 Å². The quantitative estimate of drug-likeness (QED) is 0.524. The first-order valence-corrected chi connectivity index (χ1v) is 7.81. The molecule has 0 saturated carbocycles. The molecule has 0 saturated heterocycles. The predicted octanol–water partition coefficient (Wildman–Crippen LogP) is 3.91. The van der Waals surface area contributed by atoms with Crippen LogP contribution in [0.25, 0.3) is 0 Å². The van der Waals surface area contributed by atoms with Gasteiger partial charge >= 0.3 is 0 Å². The molecule has 0 aromatic heterocycles. The van der Waals surface area contributed by atoms with Crippen molar-refractivity contribution in [1.82, 2.24) is 0 Å². The second-order valence-electron chi connectivity index (χ2n) is 4.55. The standard InChI is InChI=1S/C15H23BrO2/c16-11-7-2-1-6-10-15(17)13-18-12-14-8-4-3-5-9-14/h3-5,8-9,15,17H,1-2,6-7,10-13H2/t15-/m1/s1. The summed E-state index contributed by atoms with van der Waals surface area (Å²) >= 11 is 3.42. The fourth-order valence-electron chi connectivity index (χ4n) is 1.80. The van der Waals surface area contributed by atoms with Gasteiger partial charge in [-0.3, -0.25) is 0 Å². The normalized spacial score (nSPS) is 12.6. The van der Waals surface area contributed by atoms with Crippen LogP contribution in [0.15, 0.2) is 30.3 Å². The number of hydrogen-bond donors (Lipinski definition) is 1. The van der Waals surface area contributed by atoms with E-state index in [0.717, 1.165) is 23.7 Å². The van der Waals surface area contributed by atoms with E-state index in [0.29, 0.717) is 13.2 Å². The van der Waals surface area contributed by atoms with Gasteiger partial charge in [-0.15, -0.1) is 0 Å². The Morgan fingerprint density at radius 3 is 2.50 bits per heavy atom. The van der Waals surface area contributed by atoms with Crippen molar-refractivity contribution in [3.05, 3.63) is 35.9 Å². The Morgan fingerprint density at radius 2 is 1.78 bits per heavy atom. The van der Waals surface area contributed by atoms with Gasteiger partial charge in [0, 0.05) is 5.33 Å². The second kappa shape index (κ2) is 10.5. The molecule has 0 amide bonds. The van der Waals surface area contributed by atoms with Crippen molar-refractivity contribution >= 4 is 15.9 Å². The minimum absolute atomic E-state index is 0.322. The average molecular weight is 315 g/mol. The molecule has 18 heavy (non-hydrogen) atoms. The summed E-state index contributed by atoms with van der Waals surface area (Å²) in [6.07, 6.45) is 5.27. The van der Waals surface area contributed by atoms with Crippen LogP contribution in [0.5, 0.6) is 0 Å². The van der Waals surface area contributed by atoms with E-state index >= 15 is 0 Å². The highest BCUT2D eigenvalue weighted by atomic mass is 79.9. The lowest BCUT2D eigenvalue weighted by atomic mass is 10.1. The molecular weight excluding hydrogens is 292 g/mol. The van der Waals surface area contributed by atoms with Gasteiger partial charge in [0.1, 0.15) is 0 Å². The van der Waals surface area contributed by atoms with Crippen LogP contribution in [0.4, 0.5) is 0 Å². The van der Waals surface area contributed by atoms with Crippen LogP contribution in [0.2, 0.25) is 0 Å². The molecule has 1 N–H and O–H groups in total. The molecule has 0 fully saturated rings. The fraction of sp³-hybridized carbons (Fsp3) is 0.600. The van der Waals surface area contributed by atoms with Crippen LogP contribution in [0, 0.1) is 0 Å². The minimum Gasteiger partial charge on any atom is -0.391 e. The summed E-state index contributed by atoms with van der Waals surface area (Å²) in [7, 11) is 0. The van der Waals surface area contributed by atoms with E-state index in [1.54, 1.807) is 0 Å². The first-order chi connectivity index (χ1) is 8.83. The zero-order valence-electron chi connectivity index (χ0n) is 10.9. The molecule has 1 rings (SSSR count). The average Bonchev–Trinajstić information content (AvgIpc) is 2.40. The van der Waals surface area contributed by atoms with Crippen LogP contribution >= 0.6 is 15.9 Å². The molecule has 1 aromatic carbocycles. The Balaban J connectivity index is 1.98. The molecule has 2 nitrogen and oxygen atoms in total. The van der Waals surface area contributed by atoms with Gasteiger partial charge < -0.3 is 9.84 Å². The van der Waals surface area contributed by atoms with Gasteiger partial charge in [0.25, 0.3) is 0 Å². The smallest absolute Gasteiger partial charge is 0.0773 e. The Bertz CT molecular complexity index is 290. The molecule has 0 aliphatic heterocycles. The molecule has 0 aliphatic rings. The molecule has 3 heteroatoms. The number of hydrogen-bond acceptors (Lipinski definition) is 2. The van der Waals surface area contributed by atoms with Gasteiger partial charge in [0.2, 0.25) is 0 Å². The highest BCUT2D eigenvalue weighted by molar-refractivity contribution is 9.09. The first-order valence-electron chi connectivity index (χ1n) is 6.68. The van der Waals surface area contributed by atoms with E-state index in [2.05, 4.69) is 15.9 Å². The van der Waals surface area contributed by atoms with Gasteiger partial charge in [-0.2, -0.15) is 0 Å². The fourth-order valence-corrected chi connectivity index (χ4v) is 2.19. The Labute approximate surface area is 118 Å².